The van der Waals surface area contributed by atoms with E-state index in [1.54, 1.807) is 0 Å². The predicted octanol–water partition coefficient (Wildman–Crippen LogP) is 2.15. The minimum Gasteiger partial charge on any atom is -0.324 e. The van der Waals surface area contributed by atoms with Crippen molar-refractivity contribution in [1.82, 2.24) is 24.6 Å². The van der Waals surface area contributed by atoms with E-state index in [9.17, 15) is 4.79 Å². The maximum Gasteiger partial charge on any atom is 0.243 e. The number of para-hydroxylation sites is 1. The molecule has 3 heterocycles. The molecule has 26 heavy (non-hydrogen) atoms. The monoisotopic (exact) mass is 350 g/mol. The van der Waals surface area contributed by atoms with Crippen molar-refractivity contribution in [1.29, 1.82) is 0 Å². The van der Waals surface area contributed by atoms with Gasteiger partial charge in [0.05, 0.1) is 24.3 Å². The Morgan fingerprint density at radius 3 is 2.92 bits per heavy atom. The fourth-order valence-electron chi connectivity index (χ4n) is 3.44. The molecule has 1 aliphatic heterocycles. The molecular formula is C19H22N6O. The van der Waals surface area contributed by atoms with Crippen LogP contribution in [0.25, 0.3) is 10.9 Å². The number of pyridine rings is 1. The molecule has 0 saturated heterocycles. The van der Waals surface area contributed by atoms with Crippen molar-refractivity contribution in [3.8, 4) is 0 Å². The number of hydrogen-bond donors (Lipinski definition) is 1. The zero-order chi connectivity index (χ0) is 18.3. The number of aryl methyl sites for hydroxylation is 2. The van der Waals surface area contributed by atoms with Crippen LogP contribution < -0.4 is 5.32 Å². The van der Waals surface area contributed by atoms with E-state index in [1.807, 2.05) is 53.8 Å². The molecule has 7 heteroatoms. The predicted molar refractivity (Wildman–Crippen MR) is 99.8 cm³/mol. The third-order valence-electron chi connectivity index (χ3n) is 4.98. The average Bonchev–Trinajstić information content (AvgIpc) is 3.00. The fourth-order valence-corrected chi connectivity index (χ4v) is 3.44. The summed E-state index contributed by atoms with van der Waals surface area (Å²) >= 11 is 0. The molecule has 4 rings (SSSR count). The molecule has 2 aromatic heterocycles. The highest BCUT2D eigenvalue weighted by Crippen LogP contribution is 2.25. The van der Waals surface area contributed by atoms with E-state index in [4.69, 9.17) is 0 Å². The minimum atomic E-state index is -0.269. The minimum absolute atomic E-state index is 0.0235. The molecule has 0 saturated carbocycles. The maximum absolute atomic E-state index is 13.0. The van der Waals surface area contributed by atoms with E-state index in [2.05, 4.69) is 27.4 Å². The number of rotatable bonds is 3. The van der Waals surface area contributed by atoms with E-state index < -0.39 is 0 Å². The third-order valence-corrected chi connectivity index (χ3v) is 4.98. The molecule has 0 bridgehead atoms. The van der Waals surface area contributed by atoms with Crippen molar-refractivity contribution in [2.24, 2.45) is 0 Å². The number of anilines is 1. The zero-order valence-electron chi connectivity index (χ0n) is 15.2. The Morgan fingerprint density at radius 1 is 1.31 bits per heavy atom. The molecule has 3 aromatic rings. The zero-order valence-corrected chi connectivity index (χ0v) is 15.2. The third kappa shape index (κ3) is 2.84. The first-order valence-electron chi connectivity index (χ1n) is 8.85. The molecule has 1 amide bonds. The number of amides is 1. The summed E-state index contributed by atoms with van der Waals surface area (Å²) in [5, 5.41) is 12.4. The van der Waals surface area contributed by atoms with E-state index >= 15 is 0 Å². The molecule has 1 N–H and O–H groups in total. The van der Waals surface area contributed by atoms with Crippen LogP contribution in [0.15, 0.2) is 30.3 Å². The second-order valence-corrected chi connectivity index (χ2v) is 6.73. The van der Waals surface area contributed by atoms with Crippen LogP contribution in [0.2, 0.25) is 0 Å². The Balaban J connectivity index is 1.64. The summed E-state index contributed by atoms with van der Waals surface area (Å²) in [7, 11) is 1.94. The second-order valence-electron chi connectivity index (χ2n) is 6.73. The van der Waals surface area contributed by atoms with E-state index in [0.717, 1.165) is 40.4 Å². The molecular weight excluding hydrogens is 328 g/mol. The highest BCUT2D eigenvalue weighted by Gasteiger charge is 2.31. The summed E-state index contributed by atoms with van der Waals surface area (Å²) in [6, 6.07) is 9.59. The van der Waals surface area contributed by atoms with Crippen molar-refractivity contribution >= 4 is 22.5 Å². The Labute approximate surface area is 152 Å². The number of carbonyl (C=O) groups is 1. The smallest absolute Gasteiger partial charge is 0.243 e. The van der Waals surface area contributed by atoms with Gasteiger partial charge in [-0.2, -0.15) is 0 Å². The number of carbonyl (C=O) groups excluding carboxylic acids is 1. The first-order chi connectivity index (χ1) is 12.6. The van der Waals surface area contributed by atoms with Crippen molar-refractivity contribution in [3.05, 3.63) is 47.7 Å². The first kappa shape index (κ1) is 16.7. The van der Waals surface area contributed by atoms with Crippen LogP contribution in [-0.4, -0.2) is 43.6 Å². The molecule has 1 aromatic carbocycles. The van der Waals surface area contributed by atoms with E-state index in [1.165, 1.54) is 0 Å². The van der Waals surface area contributed by atoms with Crippen LogP contribution in [-0.2, 0) is 24.3 Å². The lowest BCUT2D eigenvalue weighted by Gasteiger charge is -2.32. The molecule has 0 radical (unpaired) electrons. The number of aromatic nitrogens is 4. The largest absolute Gasteiger partial charge is 0.324 e. The summed E-state index contributed by atoms with van der Waals surface area (Å²) in [5.41, 5.74) is 2.68. The summed E-state index contributed by atoms with van der Waals surface area (Å²) < 4.78 is 2.02. The van der Waals surface area contributed by atoms with Gasteiger partial charge in [0, 0.05) is 11.1 Å². The van der Waals surface area contributed by atoms with Gasteiger partial charge in [0.1, 0.15) is 17.7 Å². The number of fused-ring (bicyclic) bond motifs is 2. The number of nitrogens with one attached hydrogen (secondary N) is 1. The van der Waals surface area contributed by atoms with Crippen LogP contribution in [0.1, 0.15) is 24.3 Å². The summed E-state index contributed by atoms with van der Waals surface area (Å²) in [4.78, 5) is 19.7. The van der Waals surface area contributed by atoms with Gasteiger partial charge in [-0.05, 0) is 32.5 Å². The van der Waals surface area contributed by atoms with Crippen LogP contribution >= 0.6 is 0 Å². The van der Waals surface area contributed by atoms with Crippen LogP contribution in [0.5, 0.6) is 0 Å². The summed E-state index contributed by atoms with van der Waals surface area (Å²) in [5.74, 6) is 1.72. The molecule has 0 fully saturated rings. The van der Waals surface area contributed by atoms with Crippen molar-refractivity contribution in [2.45, 2.75) is 39.4 Å². The molecule has 0 spiro atoms. The van der Waals surface area contributed by atoms with Gasteiger partial charge in [0.15, 0.2) is 0 Å². The Bertz CT molecular complexity index is 979. The molecule has 1 unspecified atom stereocenters. The van der Waals surface area contributed by atoms with Crippen LogP contribution in [0, 0.1) is 6.92 Å². The van der Waals surface area contributed by atoms with Gasteiger partial charge in [0.25, 0.3) is 0 Å². The molecule has 1 atom stereocenters. The maximum atomic E-state index is 13.0. The van der Waals surface area contributed by atoms with Gasteiger partial charge in [-0.25, -0.2) is 0 Å². The summed E-state index contributed by atoms with van der Waals surface area (Å²) in [6.45, 7) is 5.14. The van der Waals surface area contributed by atoms with Crippen LogP contribution in [0.4, 0.5) is 5.69 Å². The van der Waals surface area contributed by atoms with Gasteiger partial charge >= 0.3 is 0 Å². The topological polar surface area (TPSA) is 75.9 Å². The number of hydrogen-bond acceptors (Lipinski definition) is 5. The van der Waals surface area contributed by atoms with Gasteiger partial charge in [-0.15, -0.1) is 10.2 Å². The standard InChI is InChI=1S/C19H22N6O/c1-4-13-9-16(14-7-5-6-8-15(14)20-13)21-19(26)17-10-25-12(2)22-23-18(25)11-24(17)3/h5-9,17H,4,10-11H2,1-3H3,(H,20,21,26). The number of likely N-dealkylation sites (N-methyl/N-ethyl adjacent to an activating group) is 1. The van der Waals surface area contributed by atoms with Gasteiger partial charge in [-0.3, -0.25) is 14.7 Å². The second kappa shape index (κ2) is 6.49. The Hall–Kier alpha value is -2.80. The highest BCUT2D eigenvalue weighted by molar-refractivity contribution is 6.03. The van der Waals surface area contributed by atoms with Crippen molar-refractivity contribution in [3.63, 3.8) is 0 Å². The Morgan fingerprint density at radius 2 is 2.12 bits per heavy atom. The van der Waals surface area contributed by atoms with Crippen LogP contribution in [0.3, 0.4) is 0 Å². The SMILES string of the molecule is CCc1cc(NC(=O)C2Cn3c(C)nnc3CN2C)c2ccccc2n1. The lowest BCUT2D eigenvalue weighted by molar-refractivity contribution is -0.122. The number of nitrogens with zero attached hydrogens (tertiary/aromatic N) is 5. The first-order valence-corrected chi connectivity index (χ1v) is 8.85. The lowest BCUT2D eigenvalue weighted by atomic mass is 10.1. The van der Waals surface area contributed by atoms with Gasteiger partial charge in [-0.1, -0.05) is 25.1 Å². The van der Waals surface area contributed by atoms with Gasteiger partial charge in [0.2, 0.25) is 5.91 Å². The lowest BCUT2D eigenvalue weighted by Crippen LogP contribution is -2.48. The molecule has 134 valence electrons. The average molecular weight is 350 g/mol. The highest BCUT2D eigenvalue weighted by atomic mass is 16.2. The number of benzene rings is 1. The Kier molecular flexibility index (Phi) is 4.16. The quantitative estimate of drug-likeness (QED) is 0.783. The molecule has 0 aliphatic carbocycles. The molecule has 1 aliphatic rings. The summed E-state index contributed by atoms with van der Waals surface area (Å²) in [6.07, 6.45) is 0.820. The van der Waals surface area contributed by atoms with E-state index in [0.29, 0.717) is 13.1 Å². The molecule has 7 nitrogen and oxygen atoms in total. The van der Waals surface area contributed by atoms with Gasteiger partial charge < -0.3 is 9.88 Å². The van der Waals surface area contributed by atoms with E-state index in [-0.39, 0.29) is 11.9 Å². The normalized spacial score (nSPS) is 17.3. The van der Waals surface area contributed by atoms with Crippen molar-refractivity contribution in [2.75, 3.05) is 12.4 Å². The fraction of sp³-hybridized carbons (Fsp3) is 0.368. The van der Waals surface area contributed by atoms with Crippen molar-refractivity contribution < 1.29 is 4.79 Å².